The van der Waals surface area contributed by atoms with Gasteiger partial charge in [-0.1, -0.05) is 5.16 Å². The number of aromatic nitrogens is 2. The zero-order valence-corrected chi connectivity index (χ0v) is 10.00. The molecule has 1 aliphatic carbocycles. The molecule has 3 rings (SSSR count). The smallest absolute Gasteiger partial charge is 0.246 e. The highest BCUT2D eigenvalue weighted by Gasteiger charge is 2.32. The van der Waals surface area contributed by atoms with Gasteiger partial charge in [-0.25, -0.2) is 0 Å². The lowest BCUT2D eigenvalue weighted by atomic mass is 10.1. The molecule has 0 aromatic carbocycles. The third kappa shape index (κ3) is 2.21. The van der Waals surface area contributed by atoms with Crippen molar-refractivity contribution in [3.63, 3.8) is 0 Å². The van der Waals surface area contributed by atoms with Crippen LogP contribution in [0.15, 0.2) is 4.52 Å². The zero-order chi connectivity index (χ0) is 10.3. The maximum atomic E-state index is 5.54. The van der Waals surface area contributed by atoms with E-state index in [1.807, 2.05) is 6.92 Å². The van der Waals surface area contributed by atoms with Crippen LogP contribution in [0, 0.1) is 0 Å². The van der Waals surface area contributed by atoms with Crippen LogP contribution in [-0.2, 0) is 4.74 Å². The average molecular weight is 246 g/mol. The number of halogens is 1. The topological polar surface area (TPSA) is 60.2 Å². The fourth-order valence-corrected chi connectivity index (χ4v) is 1.89. The van der Waals surface area contributed by atoms with Crippen LogP contribution in [0.4, 0.5) is 0 Å². The number of hydrogen-bond acceptors (Lipinski definition) is 5. The van der Waals surface area contributed by atoms with Gasteiger partial charge in [-0.05, 0) is 19.8 Å². The summed E-state index contributed by atoms with van der Waals surface area (Å²) in [5, 5.41) is 7.34. The van der Waals surface area contributed by atoms with Crippen molar-refractivity contribution in [3.8, 4) is 0 Å². The molecular formula is C10H16ClN3O2. The van der Waals surface area contributed by atoms with Crippen LogP contribution in [0.1, 0.15) is 43.4 Å². The van der Waals surface area contributed by atoms with E-state index >= 15 is 0 Å². The highest BCUT2D eigenvalue weighted by atomic mass is 35.5. The molecule has 1 saturated heterocycles. The van der Waals surface area contributed by atoms with Gasteiger partial charge in [0.1, 0.15) is 6.04 Å². The maximum Gasteiger partial charge on any atom is 0.246 e. The first-order valence-electron chi connectivity index (χ1n) is 5.53. The molecule has 2 fully saturated rings. The van der Waals surface area contributed by atoms with E-state index in [2.05, 4.69) is 15.5 Å². The van der Waals surface area contributed by atoms with Crippen molar-refractivity contribution in [1.82, 2.24) is 15.5 Å². The second-order valence-corrected chi connectivity index (χ2v) is 4.27. The largest absolute Gasteiger partial charge is 0.375 e. The molecule has 2 heterocycles. The molecule has 5 nitrogen and oxygen atoms in total. The Morgan fingerprint density at radius 3 is 2.88 bits per heavy atom. The minimum Gasteiger partial charge on any atom is -0.375 e. The lowest BCUT2D eigenvalue weighted by molar-refractivity contribution is -0.00136. The molecule has 1 aromatic heterocycles. The van der Waals surface area contributed by atoms with Gasteiger partial charge in [0, 0.05) is 12.5 Å². The number of nitrogens with zero attached hydrogens (tertiary/aromatic N) is 2. The van der Waals surface area contributed by atoms with Crippen LogP contribution in [0.25, 0.3) is 0 Å². The summed E-state index contributed by atoms with van der Waals surface area (Å²) in [5.74, 6) is 2.08. The van der Waals surface area contributed by atoms with Gasteiger partial charge in [0.25, 0.3) is 0 Å². The van der Waals surface area contributed by atoms with E-state index in [1.54, 1.807) is 0 Å². The van der Waals surface area contributed by atoms with E-state index in [0.29, 0.717) is 11.8 Å². The predicted molar refractivity (Wildman–Crippen MR) is 59.7 cm³/mol. The second kappa shape index (κ2) is 4.69. The molecule has 6 heteroatoms. The van der Waals surface area contributed by atoms with Gasteiger partial charge in [-0.2, -0.15) is 4.98 Å². The Morgan fingerprint density at radius 2 is 2.19 bits per heavy atom. The molecular weight excluding hydrogens is 230 g/mol. The minimum absolute atomic E-state index is 0. The molecule has 0 spiro atoms. The van der Waals surface area contributed by atoms with Crippen molar-refractivity contribution in [3.05, 3.63) is 11.7 Å². The quantitative estimate of drug-likeness (QED) is 0.854. The molecule has 16 heavy (non-hydrogen) atoms. The van der Waals surface area contributed by atoms with Crippen molar-refractivity contribution in [2.24, 2.45) is 0 Å². The molecule has 1 aliphatic heterocycles. The van der Waals surface area contributed by atoms with E-state index in [-0.39, 0.29) is 24.6 Å². The van der Waals surface area contributed by atoms with Gasteiger partial charge < -0.3 is 14.6 Å². The van der Waals surface area contributed by atoms with Crippen LogP contribution in [0.2, 0.25) is 0 Å². The Labute approximate surface area is 100 Å². The van der Waals surface area contributed by atoms with E-state index in [0.717, 1.165) is 19.0 Å². The van der Waals surface area contributed by atoms with E-state index in [9.17, 15) is 0 Å². The molecule has 0 radical (unpaired) electrons. The van der Waals surface area contributed by atoms with Crippen LogP contribution >= 0.6 is 12.4 Å². The van der Waals surface area contributed by atoms with Gasteiger partial charge in [0.05, 0.1) is 12.7 Å². The van der Waals surface area contributed by atoms with E-state index < -0.39 is 0 Å². The van der Waals surface area contributed by atoms with Crippen molar-refractivity contribution in [2.75, 3.05) is 13.2 Å². The number of nitrogens with one attached hydrogen (secondary N) is 1. The Balaban J connectivity index is 0.000000963. The fourth-order valence-electron chi connectivity index (χ4n) is 1.89. The standard InChI is InChI=1S/C10H15N3O2.ClH/c1-6-8(11-4-5-14-6)10-12-9(13-15-10)7-2-3-7;/h6-8,11H,2-5H2,1H3;1H. The molecule has 2 aliphatic rings. The van der Waals surface area contributed by atoms with Gasteiger partial charge in [-0.3, -0.25) is 0 Å². The van der Waals surface area contributed by atoms with Crippen LogP contribution in [-0.4, -0.2) is 29.4 Å². The average Bonchev–Trinajstić information content (AvgIpc) is 2.99. The Kier molecular flexibility index (Phi) is 3.47. The fraction of sp³-hybridized carbons (Fsp3) is 0.800. The normalized spacial score (nSPS) is 29.8. The molecule has 2 unspecified atom stereocenters. The molecule has 0 bridgehead atoms. The second-order valence-electron chi connectivity index (χ2n) is 4.27. The van der Waals surface area contributed by atoms with Crippen LogP contribution in [0.3, 0.4) is 0 Å². The monoisotopic (exact) mass is 245 g/mol. The lowest BCUT2D eigenvalue weighted by Crippen LogP contribution is -2.40. The minimum atomic E-state index is 0. The van der Waals surface area contributed by atoms with Gasteiger partial charge in [0.2, 0.25) is 5.89 Å². The number of hydrogen-bond donors (Lipinski definition) is 1. The zero-order valence-electron chi connectivity index (χ0n) is 9.18. The summed E-state index contributed by atoms with van der Waals surface area (Å²) in [6, 6.07) is 0.0544. The van der Waals surface area contributed by atoms with Crippen molar-refractivity contribution in [1.29, 1.82) is 0 Å². The van der Waals surface area contributed by atoms with Crippen LogP contribution < -0.4 is 5.32 Å². The summed E-state index contributed by atoms with van der Waals surface area (Å²) in [7, 11) is 0. The molecule has 1 aromatic rings. The van der Waals surface area contributed by atoms with Gasteiger partial charge >= 0.3 is 0 Å². The number of morpholine rings is 1. The molecule has 0 amide bonds. The Bertz CT molecular complexity index is 354. The Hall–Kier alpha value is -0.650. The van der Waals surface area contributed by atoms with Gasteiger partial charge in [0.15, 0.2) is 5.82 Å². The molecule has 2 atom stereocenters. The third-order valence-corrected chi connectivity index (χ3v) is 2.98. The summed E-state index contributed by atoms with van der Waals surface area (Å²) in [6.07, 6.45) is 2.50. The summed E-state index contributed by atoms with van der Waals surface area (Å²) < 4.78 is 10.8. The van der Waals surface area contributed by atoms with Crippen molar-refractivity contribution >= 4 is 12.4 Å². The first-order chi connectivity index (χ1) is 7.34. The highest BCUT2D eigenvalue weighted by molar-refractivity contribution is 5.85. The van der Waals surface area contributed by atoms with E-state index in [4.69, 9.17) is 9.26 Å². The Morgan fingerprint density at radius 1 is 1.38 bits per heavy atom. The highest BCUT2D eigenvalue weighted by Crippen LogP contribution is 2.38. The van der Waals surface area contributed by atoms with Gasteiger partial charge in [-0.15, -0.1) is 12.4 Å². The maximum absolute atomic E-state index is 5.54. The lowest BCUT2D eigenvalue weighted by Gasteiger charge is -2.27. The summed E-state index contributed by atoms with van der Waals surface area (Å²) in [4.78, 5) is 4.43. The third-order valence-electron chi connectivity index (χ3n) is 2.98. The summed E-state index contributed by atoms with van der Waals surface area (Å²) in [5.41, 5.74) is 0. The van der Waals surface area contributed by atoms with Crippen molar-refractivity contribution < 1.29 is 9.26 Å². The summed E-state index contributed by atoms with van der Waals surface area (Å²) in [6.45, 7) is 3.62. The molecule has 1 saturated carbocycles. The predicted octanol–water partition coefficient (Wildman–Crippen LogP) is 1.42. The first-order valence-corrected chi connectivity index (χ1v) is 5.53. The molecule has 90 valence electrons. The first kappa shape index (κ1) is 11.8. The van der Waals surface area contributed by atoms with Crippen LogP contribution in [0.5, 0.6) is 0 Å². The van der Waals surface area contributed by atoms with E-state index in [1.165, 1.54) is 12.8 Å². The SMILES string of the molecule is CC1OCCNC1c1nc(C2CC2)no1.Cl. The number of ether oxygens (including phenoxy) is 1. The van der Waals surface area contributed by atoms with Crippen molar-refractivity contribution in [2.45, 2.75) is 37.8 Å². The summed E-state index contributed by atoms with van der Waals surface area (Å²) >= 11 is 0. The molecule has 1 N–H and O–H groups in total. The number of rotatable bonds is 2.